The molecule has 1 aliphatic rings. The van der Waals surface area contributed by atoms with Gasteiger partial charge >= 0.3 is 0 Å². The summed E-state index contributed by atoms with van der Waals surface area (Å²) in [7, 11) is -3.24. The second-order valence-electron chi connectivity index (χ2n) is 5.25. The normalized spacial score (nSPS) is 16.5. The summed E-state index contributed by atoms with van der Waals surface area (Å²) < 4.78 is 26.4. The highest BCUT2D eigenvalue weighted by molar-refractivity contribution is 7.88. The molecule has 19 heavy (non-hydrogen) atoms. The van der Waals surface area contributed by atoms with Gasteiger partial charge in [-0.25, -0.2) is 12.7 Å². The lowest BCUT2D eigenvalue weighted by Crippen LogP contribution is -2.37. The fraction of sp³-hybridized carbons (Fsp3) is 0.571. The van der Waals surface area contributed by atoms with Gasteiger partial charge in [0.2, 0.25) is 10.0 Å². The lowest BCUT2D eigenvalue weighted by Gasteiger charge is -2.31. The van der Waals surface area contributed by atoms with Gasteiger partial charge in [-0.1, -0.05) is 25.5 Å². The van der Waals surface area contributed by atoms with E-state index in [9.17, 15) is 8.42 Å². The van der Waals surface area contributed by atoms with Crippen molar-refractivity contribution in [2.45, 2.75) is 31.9 Å². The predicted molar refractivity (Wildman–Crippen MR) is 78.1 cm³/mol. The van der Waals surface area contributed by atoms with Gasteiger partial charge in [0, 0.05) is 18.8 Å². The van der Waals surface area contributed by atoms with Crippen LogP contribution in [0.5, 0.6) is 0 Å². The highest BCUT2D eigenvalue weighted by Crippen LogP contribution is 2.28. The van der Waals surface area contributed by atoms with Gasteiger partial charge in [0.25, 0.3) is 0 Å². The predicted octanol–water partition coefficient (Wildman–Crippen LogP) is 2.22. The number of sulfonamides is 1. The van der Waals surface area contributed by atoms with E-state index in [1.54, 1.807) is 22.5 Å². The number of nitrogens with zero attached hydrogens (tertiary/aromatic N) is 1. The molecule has 0 aliphatic heterocycles. The van der Waals surface area contributed by atoms with Crippen molar-refractivity contribution in [2.75, 3.05) is 18.8 Å². The van der Waals surface area contributed by atoms with Gasteiger partial charge in [0.1, 0.15) is 0 Å². The minimum atomic E-state index is -3.24. The Labute approximate surface area is 115 Å². The molecule has 1 aromatic rings. The fourth-order valence-electron chi connectivity index (χ4n) is 2.39. The van der Waals surface area contributed by atoms with Crippen molar-refractivity contribution in [2.24, 2.45) is 5.92 Å². The van der Waals surface area contributed by atoms with Crippen LogP contribution in [0, 0.1) is 5.92 Å². The third-order valence-electron chi connectivity index (χ3n) is 3.73. The summed E-state index contributed by atoms with van der Waals surface area (Å²) in [5, 5.41) is 0. The third-order valence-corrected chi connectivity index (χ3v) is 5.62. The van der Waals surface area contributed by atoms with E-state index in [2.05, 4.69) is 0 Å². The number of benzene rings is 1. The minimum absolute atomic E-state index is 0.0403. The van der Waals surface area contributed by atoms with Crippen LogP contribution in [0.4, 0.5) is 5.69 Å². The van der Waals surface area contributed by atoms with E-state index in [0.717, 1.165) is 18.4 Å². The molecule has 4 nitrogen and oxygen atoms in total. The van der Waals surface area contributed by atoms with Crippen molar-refractivity contribution in [3.63, 3.8) is 0 Å². The minimum Gasteiger partial charge on any atom is -0.399 e. The summed E-state index contributed by atoms with van der Waals surface area (Å²) in [5.74, 6) is 0.592. The van der Waals surface area contributed by atoms with Gasteiger partial charge in [-0.3, -0.25) is 0 Å². The average Bonchev–Trinajstić information content (AvgIpc) is 2.26. The third kappa shape index (κ3) is 3.70. The van der Waals surface area contributed by atoms with Crippen LogP contribution in [-0.2, 0) is 15.8 Å². The zero-order valence-corrected chi connectivity index (χ0v) is 12.2. The van der Waals surface area contributed by atoms with E-state index in [0.29, 0.717) is 24.7 Å². The van der Waals surface area contributed by atoms with E-state index in [1.807, 2.05) is 13.0 Å². The van der Waals surface area contributed by atoms with Gasteiger partial charge in [0.15, 0.2) is 0 Å². The Hall–Kier alpha value is -1.07. The Kier molecular flexibility index (Phi) is 4.47. The van der Waals surface area contributed by atoms with Crippen molar-refractivity contribution in [3.05, 3.63) is 29.8 Å². The van der Waals surface area contributed by atoms with E-state index in [1.165, 1.54) is 6.42 Å². The molecule has 5 heteroatoms. The molecule has 2 N–H and O–H groups in total. The Morgan fingerprint density at radius 1 is 1.37 bits per heavy atom. The van der Waals surface area contributed by atoms with Crippen LogP contribution in [0.1, 0.15) is 31.7 Å². The summed E-state index contributed by atoms with van der Waals surface area (Å²) in [4.78, 5) is 0. The number of nitrogen functional groups attached to an aromatic ring is 1. The molecule has 0 unspecified atom stereocenters. The first-order valence-electron chi connectivity index (χ1n) is 6.83. The molecule has 1 aliphatic carbocycles. The molecule has 2 rings (SSSR count). The summed E-state index contributed by atoms with van der Waals surface area (Å²) in [5.41, 5.74) is 7.05. The number of rotatable bonds is 6. The standard InChI is InChI=1S/C14H22N2O2S/c1-2-16(10-12-5-3-6-12)19(17,18)11-13-7-4-8-14(15)9-13/h4,7-9,12H,2-3,5-6,10-11,15H2,1H3. The number of anilines is 1. The molecule has 0 heterocycles. The van der Waals surface area contributed by atoms with Gasteiger partial charge in [-0.2, -0.15) is 0 Å². The second kappa shape index (κ2) is 5.92. The Bertz CT molecular complexity index is 524. The smallest absolute Gasteiger partial charge is 0.218 e. The van der Waals surface area contributed by atoms with E-state index < -0.39 is 10.0 Å². The molecule has 1 fully saturated rings. The molecule has 0 bridgehead atoms. The zero-order chi connectivity index (χ0) is 13.9. The van der Waals surface area contributed by atoms with Crippen LogP contribution in [-0.4, -0.2) is 25.8 Å². The highest BCUT2D eigenvalue weighted by Gasteiger charge is 2.27. The van der Waals surface area contributed by atoms with Crippen molar-refractivity contribution in [1.82, 2.24) is 4.31 Å². The first-order valence-corrected chi connectivity index (χ1v) is 8.44. The van der Waals surface area contributed by atoms with Crippen LogP contribution in [0.25, 0.3) is 0 Å². The van der Waals surface area contributed by atoms with E-state index >= 15 is 0 Å². The van der Waals surface area contributed by atoms with Crippen molar-refractivity contribution >= 4 is 15.7 Å². The summed E-state index contributed by atoms with van der Waals surface area (Å²) >= 11 is 0. The molecule has 0 spiro atoms. The summed E-state index contributed by atoms with van der Waals surface area (Å²) in [6, 6.07) is 7.10. The van der Waals surface area contributed by atoms with Crippen molar-refractivity contribution in [1.29, 1.82) is 0 Å². The van der Waals surface area contributed by atoms with Crippen LogP contribution >= 0.6 is 0 Å². The van der Waals surface area contributed by atoms with E-state index in [4.69, 9.17) is 5.73 Å². The molecular weight excluding hydrogens is 260 g/mol. The van der Waals surface area contributed by atoms with Crippen LogP contribution < -0.4 is 5.73 Å². The molecular formula is C14H22N2O2S. The number of hydrogen-bond donors (Lipinski definition) is 1. The molecule has 0 amide bonds. The molecule has 0 atom stereocenters. The quantitative estimate of drug-likeness (QED) is 0.814. The van der Waals surface area contributed by atoms with Crippen LogP contribution in [0.15, 0.2) is 24.3 Å². The zero-order valence-electron chi connectivity index (χ0n) is 11.4. The average molecular weight is 282 g/mol. The molecule has 0 radical (unpaired) electrons. The fourth-order valence-corrected chi connectivity index (χ4v) is 4.00. The summed E-state index contributed by atoms with van der Waals surface area (Å²) in [6.07, 6.45) is 3.55. The van der Waals surface area contributed by atoms with Crippen LogP contribution in [0.2, 0.25) is 0 Å². The lowest BCUT2D eigenvalue weighted by molar-refractivity contribution is 0.250. The van der Waals surface area contributed by atoms with Gasteiger partial charge in [-0.15, -0.1) is 0 Å². The van der Waals surface area contributed by atoms with Crippen molar-refractivity contribution < 1.29 is 8.42 Å². The maximum Gasteiger partial charge on any atom is 0.218 e. The Morgan fingerprint density at radius 3 is 2.63 bits per heavy atom. The highest BCUT2D eigenvalue weighted by atomic mass is 32.2. The van der Waals surface area contributed by atoms with Gasteiger partial charge in [0.05, 0.1) is 5.75 Å². The van der Waals surface area contributed by atoms with Crippen LogP contribution in [0.3, 0.4) is 0 Å². The summed E-state index contributed by atoms with van der Waals surface area (Å²) in [6.45, 7) is 3.11. The number of hydrogen-bond acceptors (Lipinski definition) is 3. The molecule has 1 aromatic carbocycles. The Balaban J connectivity index is 2.06. The first kappa shape index (κ1) is 14.3. The first-order chi connectivity index (χ1) is 9.01. The number of nitrogens with two attached hydrogens (primary N) is 1. The Morgan fingerprint density at radius 2 is 2.11 bits per heavy atom. The monoisotopic (exact) mass is 282 g/mol. The second-order valence-corrected chi connectivity index (χ2v) is 7.22. The van der Waals surface area contributed by atoms with Gasteiger partial charge in [-0.05, 0) is 36.5 Å². The lowest BCUT2D eigenvalue weighted by atomic mass is 9.85. The molecule has 0 aromatic heterocycles. The molecule has 1 saturated carbocycles. The molecule has 106 valence electrons. The van der Waals surface area contributed by atoms with Gasteiger partial charge < -0.3 is 5.73 Å². The van der Waals surface area contributed by atoms with E-state index in [-0.39, 0.29) is 5.75 Å². The SMILES string of the molecule is CCN(CC1CCC1)S(=O)(=O)Cc1cccc(N)c1. The topological polar surface area (TPSA) is 63.4 Å². The maximum absolute atomic E-state index is 12.4. The van der Waals surface area contributed by atoms with Crippen molar-refractivity contribution in [3.8, 4) is 0 Å². The largest absolute Gasteiger partial charge is 0.399 e. The maximum atomic E-state index is 12.4. The molecule has 0 saturated heterocycles.